The second-order valence-electron chi connectivity index (χ2n) is 6.24. The van der Waals surface area contributed by atoms with Crippen LogP contribution in [0.3, 0.4) is 0 Å². The number of pyridine rings is 2. The number of nitrogens with one attached hydrogen (secondary N) is 3. The number of rotatable bonds is 5. The fraction of sp³-hybridized carbons (Fsp3) is 0.0500. The number of hydrogen-bond acceptors (Lipinski definition) is 6. The zero-order valence-electron chi connectivity index (χ0n) is 15.3. The fourth-order valence-corrected chi connectivity index (χ4v) is 2.74. The lowest BCUT2D eigenvalue weighted by Gasteiger charge is -2.11. The molecule has 0 saturated carbocycles. The van der Waals surface area contributed by atoms with Crippen LogP contribution < -0.4 is 21.3 Å². The summed E-state index contributed by atoms with van der Waals surface area (Å²) in [6.45, 7) is 0.0668. The van der Waals surface area contributed by atoms with E-state index >= 15 is 0 Å². The van der Waals surface area contributed by atoms with Gasteiger partial charge < -0.3 is 10.1 Å². The van der Waals surface area contributed by atoms with Crippen LogP contribution in [0.2, 0.25) is 0 Å². The van der Waals surface area contributed by atoms with E-state index in [1.807, 2.05) is 0 Å². The molecular weight excluding hydrogens is 393 g/mol. The monoisotopic (exact) mass is 407 g/mol. The average Bonchev–Trinajstić information content (AvgIpc) is 2.72. The molecule has 0 unspecified atom stereocenters. The Balaban J connectivity index is 1.52. The van der Waals surface area contributed by atoms with Gasteiger partial charge in [-0.15, -0.1) is 0 Å². The van der Waals surface area contributed by atoms with Crippen LogP contribution in [0, 0.1) is 5.82 Å². The summed E-state index contributed by atoms with van der Waals surface area (Å²) in [4.78, 5) is 48.2. The van der Waals surface area contributed by atoms with E-state index in [1.165, 1.54) is 36.7 Å². The molecule has 4 aromatic rings. The number of nitrogens with zero attached hydrogens (tertiary/aromatic N) is 2. The Hall–Kier alpha value is -4.34. The maximum Gasteiger partial charge on any atom is 0.327 e. The van der Waals surface area contributed by atoms with Crippen LogP contribution in [0.15, 0.2) is 64.4 Å². The Morgan fingerprint density at radius 2 is 1.97 bits per heavy atom. The van der Waals surface area contributed by atoms with Gasteiger partial charge in [0, 0.05) is 30.6 Å². The number of H-pyrrole nitrogens is 2. The standard InChI is InChI=1S/C20H14FN5O4/c21-13-4-1-5-14(8-13)30-19-11(3-2-6-22-19)9-24-17(27)12-7-15-16(23-10-12)25-20(29)26-18(15)28/h1-8,10H,9H2,(H,24,27)(H2,23,25,26,28,29). The molecule has 0 bridgehead atoms. The highest BCUT2D eigenvalue weighted by atomic mass is 19.1. The average molecular weight is 407 g/mol. The Kier molecular flexibility index (Phi) is 5.04. The van der Waals surface area contributed by atoms with Crippen LogP contribution in [-0.4, -0.2) is 25.8 Å². The van der Waals surface area contributed by atoms with Crippen molar-refractivity contribution in [2.75, 3.05) is 0 Å². The summed E-state index contributed by atoms with van der Waals surface area (Å²) in [5.41, 5.74) is -0.547. The number of halogens is 1. The predicted octanol–water partition coefficient (Wildman–Crippen LogP) is 1.87. The molecule has 30 heavy (non-hydrogen) atoms. The second-order valence-corrected chi connectivity index (χ2v) is 6.24. The van der Waals surface area contributed by atoms with Crippen molar-refractivity contribution < 1.29 is 13.9 Å². The number of carbonyl (C=O) groups excluding carboxylic acids is 1. The lowest BCUT2D eigenvalue weighted by atomic mass is 10.2. The van der Waals surface area contributed by atoms with Crippen molar-refractivity contribution >= 4 is 16.9 Å². The molecule has 3 heterocycles. The van der Waals surface area contributed by atoms with E-state index in [4.69, 9.17) is 4.74 Å². The Morgan fingerprint density at radius 3 is 2.80 bits per heavy atom. The number of benzene rings is 1. The van der Waals surface area contributed by atoms with E-state index in [-0.39, 0.29) is 34.8 Å². The highest BCUT2D eigenvalue weighted by Gasteiger charge is 2.12. The topological polar surface area (TPSA) is 130 Å². The normalized spacial score (nSPS) is 10.7. The number of fused-ring (bicyclic) bond motifs is 1. The zero-order chi connectivity index (χ0) is 21.1. The highest BCUT2D eigenvalue weighted by molar-refractivity contribution is 5.96. The molecule has 0 radical (unpaired) electrons. The molecule has 3 aromatic heterocycles. The van der Waals surface area contributed by atoms with Crippen LogP contribution >= 0.6 is 0 Å². The van der Waals surface area contributed by atoms with Crippen molar-refractivity contribution in [1.82, 2.24) is 25.3 Å². The Labute approximate surface area is 167 Å². The first-order valence-electron chi connectivity index (χ1n) is 8.77. The molecule has 0 aliphatic heterocycles. The van der Waals surface area contributed by atoms with Gasteiger partial charge in [0.1, 0.15) is 17.2 Å². The van der Waals surface area contributed by atoms with Crippen molar-refractivity contribution in [3.63, 3.8) is 0 Å². The van der Waals surface area contributed by atoms with E-state index < -0.39 is 23.0 Å². The van der Waals surface area contributed by atoms with Crippen LogP contribution in [0.4, 0.5) is 4.39 Å². The molecule has 4 rings (SSSR count). The van der Waals surface area contributed by atoms with Crippen LogP contribution in [0.25, 0.3) is 11.0 Å². The summed E-state index contributed by atoms with van der Waals surface area (Å²) < 4.78 is 19.0. The molecule has 0 aliphatic carbocycles. The lowest BCUT2D eigenvalue weighted by Crippen LogP contribution is -2.25. The van der Waals surface area contributed by atoms with Crippen LogP contribution in [0.5, 0.6) is 11.6 Å². The number of amides is 1. The highest BCUT2D eigenvalue weighted by Crippen LogP contribution is 2.23. The molecule has 0 spiro atoms. The number of aromatic amines is 2. The van der Waals surface area contributed by atoms with Crippen molar-refractivity contribution in [1.29, 1.82) is 0 Å². The summed E-state index contributed by atoms with van der Waals surface area (Å²) >= 11 is 0. The number of ether oxygens (including phenoxy) is 1. The molecule has 0 fully saturated rings. The van der Waals surface area contributed by atoms with Gasteiger partial charge in [0.2, 0.25) is 5.88 Å². The molecule has 9 nitrogen and oxygen atoms in total. The first-order chi connectivity index (χ1) is 14.5. The maximum atomic E-state index is 13.4. The van der Waals surface area contributed by atoms with Gasteiger partial charge in [0.15, 0.2) is 0 Å². The van der Waals surface area contributed by atoms with E-state index in [1.54, 1.807) is 18.2 Å². The van der Waals surface area contributed by atoms with Crippen molar-refractivity contribution in [3.8, 4) is 11.6 Å². The van der Waals surface area contributed by atoms with Crippen molar-refractivity contribution in [3.05, 3.63) is 92.6 Å². The summed E-state index contributed by atoms with van der Waals surface area (Å²) in [6, 6.07) is 10.3. The minimum atomic E-state index is -0.681. The van der Waals surface area contributed by atoms with Gasteiger partial charge in [0.05, 0.1) is 10.9 Å². The van der Waals surface area contributed by atoms with Gasteiger partial charge in [-0.3, -0.25) is 19.6 Å². The van der Waals surface area contributed by atoms with Gasteiger partial charge in [-0.05, 0) is 24.3 Å². The summed E-state index contributed by atoms with van der Waals surface area (Å²) in [7, 11) is 0. The van der Waals surface area contributed by atoms with E-state index in [0.29, 0.717) is 5.56 Å². The third kappa shape index (κ3) is 4.07. The molecule has 10 heteroatoms. The van der Waals surface area contributed by atoms with Gasteiger partial charge in [-0.2, -0.15) is 0 Å². The second kappa shape index (κ2) is 7.95. The fourth-order valence-electron chi connectivity index (χ4n) is 2.74. The molecule has 1 aromatic carbocycles. The molecule has 3 N–H and O–H groups in total. The molecule has 150 valence electrons. The van der Waals surface area contributed by atoms with Crippen molar-refractivity contribution in [2.45, 2.75) is 6.54 Å². The SMILES string of the molecule is O=C(NCc1cccnc1Oc1cccc(F)c1)c1cnc2[nH]c(=O)[nH]c(=O)c2c1. The minimum Gasteiger partial charge on any atom is -0.439 e. The van der Waals surface area contributed by atoms with Crippen LogP contribution in [-0.2, 0) is 6.54 Å². The Morgan fingerprint density at radius 1 is 1.10 bits per heavy atom. The van der Waals surface area contributed by atoms with Gasteiger partial charge in [0.25, 0.3) is 11.5 Å². The quantitative estimate of drug-likeness (QED) is 0.463. The number of hydrogen-bond donors (Lipinski definition) is 3. The van der Waals surface area contributed by atoms with E-state index in [0.717, 1.165) is 0 Å². The number of aromatic nitrogens is 4. The zero-order valence-corrected chi connectivity index (χ0v) is 15.3. The molecular formula is C20H14FN5O4. The smallest absolute Gasteiger partial charge is 0.327 e. The molecule has 1 amide bonds. The summed E-state index contributed by atoms with van der Waals surface area (Å²) in [5.74, 6) is -0.448. The summed E-state index contributed by atoms with van der Waals surface area (Å²) in [5, 5.41) is 2.77. The number of carbonyl (C=O) groups is 1. The van der Waals surface area contributed by atoms with Gasteiger partial charge in [-0.25, -0.2) is 19.2 Å². The third-order valence-electron chi connectivity index (χ3n) is 4.15. The predicted molar refractivity (Wildman–Crippen MR) is 105 cm³/mol. The summed E-state index contributed by atoms with van der Waals surface area (Å²) in [6.07, 6.45) is 2.76. The van der Waals surface area contributed by atoms with E-state index in [2.05, 4.69) is 25.3 Å². The lowest BCUT2D eigenvalue weighted by molar-refractivity contribution is 0.0950. The van der Waals surface area contributed by atoms with Gasteiger partial charge in [-0.1, -0.05) is 12.1 Å². The Bertz CT molecular complexity index is 1370. The first kappa shape index (κ1) is 19.0. The minimum absolute atomic E-state index is 0.0668. The first-order valence-corrected chi connectivity index (χ1v) is 8.77. The van der Waals surface area contributed by atoms with Gasteiger partial charge >= 0.3 is 5.69 Å². The molecule has 0 atom stereocenters. The van der Waals surface area contributed by atoms with E-state index in [9.17, 15) is 18.8 Å². The third-order valence-corrected chi connectivity index (χ3v) is 4.15. The molecule has 0 aliphatic rings. The van der Waals surface area contributed by atoms with Crippen molar-refractivity contribution in [2.24, 2.45) is 0 Å². The molecule has 0 saturated heterocycles. The van der Waals surface area contributed by atoms with Crippen LogP contribution in [0.1, 0.15) is 15.9 Å². The maximum absolute atomic E-state index is 13.4. The largest absolute Gasteiger partial charge is 0.439 e.